The molecule has 0 spiro atoms. The monoisotopic (exact) mass is 397 g/mol. The van der Waals surface area contributed by atoms with Crippen LogP contribution in [-0.4, -0.2) is 16.0 Å². The van der Waals surface area contributed by atoms with Crippen LogP contribution in [-0.2, 0) is 23.8 Å². The summed E-state index contributed by atoms with van der Waals surface area (Å²) in [6.07, 6.45) is -1.86. The molecule has 0 aliphatic heterocycles. The summed E-state index contributed by atoms with van der Waals surface area (Å²) >= 11 is 0. The number of nitrogens with zero attached hydrogens (tertiary/aromatic N) is 2. The highest BCUT2D eigenvalue weighted by molar-refractivity contribution is 5.76. The van der Waals surface area contributed by atoms with Gasteiger partial charge in [0.25, 0.3) is 0 Å². The van der Waals surface area contributed by atoms with Gasteiger partial charge in [0.1, 0.15) is 0 Å². The van der Waals surface area contributed by atoms with Gasteiger partial charge in [0.05, 0.1) is 11.6 Å². The summed E-state index contributed by atoms with van der Waals surface area (Å²) in [5, 5.41) is 6.69. The van der Waals surface area contributed by atoms with Crippen molar-refractivity contribution >= 4 is 5.91 Å². The van der Waals surface area contributed by atoms with Crippen LogP contribution < -0.4 is 5.32 Å². The van der Waals surface area contributed by atoms with Crippen molar-refractivity contribution in [3.63, 3.8) is 0 Å². The van der Waals surface area contributed by atoms with Gasteiger partial charge in [-0.15, -0.1) is 0 Å². The average molecular weight is 397 g/mol. The minimum Gasteiger partial charge on any atom is -0.349 e. The normalized spacial score (nSPS) is 13.0. The van der Waals surface area contributed by atoms with E-state index in [1.165, 1.54) is 6.07 Å². The molecule has 154 valence electrons. The van der Waals surface area contributed by atoms with Crippen LogP contribution in [0.3, 0.4) is 0 Å². The van der Waals surface area contributed by atoms with E-state index in [0.29, 0.717) is 36.5 Å². The third-order valence-electron chi connectivity index (χ3n) is 4.21. The first-order valence-electron chi connectivity index (χ1n) is 9.47. The van der Waals surface area contributed by atoms with Crippen molar-refractivity contribution in [3.8, 4) is 0 Å². The average Bonchev–Trinajstić information content (AvgIpc) is 3.06. The second-order valence-corrected chi connectivity index (χ2v) is 7.23. The molecule has 1 amide bonds. The Balaban J connectivity index is 2.03. The van der Waals surface area contributed by atoms with Crippen molar-refractivity contribution in [2.45, 2.75) is 65.1 Å². The van der Waals surface area contributed by atoms with Crippen molar-refractivity contribution < 1.29 is 22.5 Å². The van der Waals surface area contributed by atoms with Crippen LogP contribution in [0.4, 0.5) is 13.2 Å². The molecule has 0 fully saturated rings. The molecule has 0 radical (unpaired) electrons. The van der Waals surface area contributed by atoms with Gasteiger partial charge < -0.3 is 9.84 Å². The standard InChI is InChI=1S/C20H26F3N3O2/c1-4-6-17-25-19(28-26-17)10-9-18(27)24-16(11-13(2)3)14-7-5-8-15(12-14)20(21,22)23/h5,7-8,12-13,16H,4,6,9-11H2,1-3H3,(H,24,27). The van der Waals surface area contributed by atoms with Crippen LogP contribution in [0.2, 0.25) is 0 Å². The molecule has 0 saturated heterocycles. The molecular weight excluding hydrogens is 371 g/mol. The third kappa shape index (κ3) is 6.65. The number of carbonyl (C=O) groups is 1. The quantitative estimate of drug-likeness (QED) is 0.655. The van der Waals surface area contributed by atoms with Gasteiger partial charge in [0.15, 0.2) is 5.82 Å². The van der Waals surface area contributed by atoms with E-state index in [2.05, 4.69) is 15.5 Å². The van der Waals surface area contributed by atoms with E-state index >= 15 is 0 Å². The smallest absolute Gasteiger partial charge is 0.349 e. The molecule has 2 rings (SSSR count). The predicted octanol–water partition coefficient (Wildman–Crippen LogP) is 4.88. The summed E-state index contributed by atoms with van der Waals surface area (Å²) in [5.41, 5.74) is -0.276. The van der Waals surface area contributed by atoms with E-state index in [1.807, 2.05) is 20.8 Å². The number of alkyl halides is 3. The minimum atomic E-state index is -4.42. The zero-order chi connectivity index (χ0) is 20.7. The summed E-state index contributed by atoms with van der Waals surface area (Å²) in [6, 6.07) is 4.61. The third-order valence-corrected chi connectivity index (χ3v) is 4.21. The first-order valence-corrected chi connectivity index (χ1v) is 9.47. The molecule has 28 heavy (non-hydrogen) atoms. The Morgan fingerprint density at radius 3 is 2.64 bits per heavy atom. The highest BCUT2D eigenvalue weighted by atomic mass is 19.4. The molecule has 0 bridgehead atoms. The molecule has 5 nitrogen and oxygen atoms in total. The van der Waals surface area contributed by atoms with E-state index in [-0.39, 0.29) is 18.2 Å². The Morgan fingerprint density at radius 2 is 2.00 bits per heavy atom. The van der Waals surface area contributed by atoms with Gasteiger partial charge in [-0.05, 0) is 36.5 Å². The van der Waals surface area contributed by atoms with Crippen LogP contribution in [0.15, 0.2) is 28.8 Å². The van der Waals surface area contributed by atoms with E-state index in [4.69, 9.17) is 4.52 Å². The second kappa shape index (κ2) is 9.71. The van der Waals surface area contributed by atoms with Crippen molar-refractivity contribution in [3.05, 3.63) is 47.1 Å². The van der Waals surface area contributed by atoms with Gasteiger partial charge in [0.2, 0.25) is 11.8 Å². The van der Waals surface area contributed by atoms with Gasteiger partial charge in [-0.1, -0.05) is 38.1 Å². The number of aryl methyl sites for hydroxylation is 2. The summed E-state index contributed by atoms with van der Waals surface area (Å²) in [4.78, 5) is 16.6. The van der Waals surface area contributed by atoms with Crippen LogP contribution >= 0.6 is 0 Å². The Morgan fingerprint density at radius 1 is 1.25 bits per heavy atom. The van der Waals surface area contributed by atoms with E-state index in [9.17, 15) is 18.0 Å². The van der Waals surface area contributed by atoms with Crippen LogP contribution in [0, 0.1) is 5.92 Å². The molecular formula is C20H26F3N3O2. The maximum absolute atomic E-state index is 13.0. The fourth-order valence-electron chi connectivity index (χ4n) is 2.89. The van der Waals surface area contributed by atoms with Gasteiger partial charge in [0, 0.05) is 19.3 Å². The first kappa shape index (κ1) is 21.9. The molecule has 0 aliphatic rings. The van der Waals surface area contributed by atoms with Gasteiger partial charge in [-0.25, -0.2) is 0 Å². The fourth-order valence-corrected chi connectivity index (χ4v) is 2.89. The number of aromatic nitrogens is 2. The number of rotatable bonds is 9. The fraction of sp³-hybridized carbons (Fsp3) is 0.550. The molecule has 0 aliphatic carbocycles. The molecule has 8 heteroatoms. The van der Waals surface area contributed by atoms with Crippen LogP contribution in [0.5, 0.6) is 0 Å². The Kier molecular flexibility index (Phi) is 7.60. The maximum atomic E-state index is 13.0. The number of halogens is 3. The number of carbonyl (C=O) groups excluding carboxylic acids is 1. The number of amides is 1. The summed E-state index contributed by atoms with van der Waals surface area (Å²) in [6.45, 7) is 5.92. The molecule has 2 aromatic rings. The lowest BCUT2D eigenvalue weighted by molar-refractivity contribution is -0.137. The maximum Gasteiger partial charge on any atom is 0.416 e. The van der Waals surface area contributed by atoms with Crippen molar-refractivity contribution in [2.24, 2.45) is 5.92 Å². The lowest BCUT2D eigenvalue weighted by Gasteiger charge is -2.22. The van der Waals surface area contributed by atoms with Gasteiger partial charge in [-0.3, -0.25) is 4.79 Å². The summed E-state index contributed by atoms with van der Waals surface area (Å²) in [7, 11) is 0. The number of benzene rings is 1. The minimum absolute atomic E-state index is 0.126. The van der Waals surface area contributed by atoms with Crippen molar-refractivity contribution in [1.29, 1.82) is 0 Å². The molecule has 0 saturated carbocycles. The molecule has 1 aromatic carbocycles. The van der Waals surface area contributed by atoms with Gasteiger partial charge >= 0.3 is 6.18 Å². The zero-order valence-corrected chi connectivity index (χ0v) is 16.3. The zero-order valence-electron chi connectivity index (χ0n) is 16.3. The van der Waals surface area contributed by atoms with Crippen molar-refractivity contribution in [2.75, 3.05) is 0 Å². The van der Waals surface area contributed by atoms with Crippen LogP contribution in [0.25, 0.3) is 0 Å². The molecule has 1 N–H and O–H groups in total. The SMILES string of the molecule is CCCc1noc(CCC(=O)NC(CC(C)C)c2cccc(C(F)(F)F)c2)n1. The Labute approximate surface area is 162 Å². The van der Waals surface area contributed by atoms with E-state index in [1.54, 1.807) is 6.07 Å². The largest absolute Gasteiger partial charge is 0.416 e. The Bertz CT molecular complexity index is 772. The highest BCUT2D eigenvalue weighted by Crippen LogP contribution is 2.32. The molecule has 1 heterocycles. The molecule has 1 atom stereocenters. The molecule has 1 aromatic heterocycles. The van der Waals surface area contributed by atoms with Gasteiger partial charge in [-0.2, -0.15) is 18.2 Å². The summed E-state index contributed by atoms with van der Waals surface area (Å²) in [5.74, 6) is 0.934. The van der Waals surface area contributed by atoms with E-state index in [0.717, 1.165) is 18.6 Å². The number of hydrogen-bond donors (Lipinski definition) is 1. The van der Waals surface area contributed by atoms with E-state index < -0.39 is 17.8 Å². The second-order valence-electron chi connectivity index (χ2n) is 7.23. The topological polar surface area (TPSA) is 68.0 Å². The first-order chi connectivity index (χ1) is 13.2. The van der Waals surface area contributed by atoms with Crippen molar-refractivity contribution in [1.82, 2.24) is 15.5 Å². The predicted molar refractivity (Wildman–Crippen MR) is 98.4 cm³/mol. The summed E-state index contributed by atoms with van der Waals surface area (Å²) < 4.78 is 44.1. The lowest BCUT2D eigenvalue weighted by Crippen LogP contribution is -2.30. The number of hydrogen-bond acceptors (Lipinski definition) is 4. The molecule has 1 unspecified atom stereocenters. The highest BCUT2D eigenvalue weighted by Gasteiger charge is 2.31. The lowest BCUT2D eigenvalue weighted by atomic mass is 9.95. The Hall–Kier alpha value is -2.38. The number of nitrogens with one attached hydrogen (secondary N) is 1. The van der Waals surface area contributed by atoms with Crippen LogP contribution in [0.1, 0.15) is 68.9 Å².